The number of carbonyl (C=O) groups is 4. The molecule has 0 fully saturated rings. The van der Waals surface area contributed by atoms with E-state index in [0.717, 1.165) is 109 Å². The van der Waals surface area contributed by atoms with E-state index < -0.39 is 97.5 Å². The molecule has 0 aliphatic rings. The van der Waals surface area contributed by atoms with E-state index in [1.807, 2.05) is 0 Å². The van der Waals surface area contributed by atoms with Crippen LogP contribution in [-0.4, -0.2) is 96.7 Å². The van der Waals surface area contributed by atoms with Crippen LogP contribution in [0, 0.1) is 0 Å². The molecular formula is C82H156O17P2. The Bertz CT molecular complexity index is 2010. The summed E-state index contributed by atoms with van der Waals surface area (Å²) in [6.45, 7) is 4.96. The van der Waals surface area contributed by atoms with E-state index >= 15 is 0 Å². The number of phosphoric ester groups is 2. The first kappa shape index (κ1) is 98.5. The summed E-state index contributed by atoms with van der Waals surface area (Å²) >= 11 is 0. The van der Waals surface area contributed by atoms with Crippen molar-refractivity contribution in [3.63, 3.8) is 0 Å². The zero-order valence-corrected chi connectivity index (χ0v) is 67.2. The van der Waals surface area contributed by atoms with Crippen molar-refractivity contribution in [2.75, 3.05) is 39.6 Å². The molecule has 5 atom stereocenters. The molecule has 0 heterocycles. The second-order valence-corrected chi connectivity index (χ2v) is 31.7. The monoisotopic (exact) mass is 1480 g/mol. The number of esters is 4. The lowest BCUT2D eigenvalue weighted by atomic mass is 10.0. The summed E-state index contributed by atoms with van der Waals surface area (Å²) in [4.78, 5) is 73.0. The number of hydrogen-bond acceptors (Lipinski definition) is 15. The molecule has 101 heavy (non-hydrogen) atoms. The van der Waals surface area contributed by atoms with Crippen molar-refractivity contribution in [1.82, 2.24) is 0 Å². The van der Waals surface area contributed by atoms with Gasteiger partial charge in [-0.1, -0.05) is 367 Å². The van der Waals surface area contributed by atoms with Crippen LogP contribution in [-0.2, 0) is 65.4 Å². The molecule has 0 spiro atoms. The van der Waals surface area contributed by atoms with Gasteiger partial charge < -0.3 is 33.8 Å². The minimum Gasteiger partial charge on any atom is -0.462 e. The smallest absolute Gasteiger partial charge is 0.462 e. The summed E-state index contributed by atoms with van der Waals surface area (Å²) < 4.78 is 68.7. The molecule has 17 nitrogen and oxygen atoms in total. The fourth-order valence-electron chi connectivity index (χ4n) is 12.3. The molecule has 19 heteroatoms. The molecule has 0 saturated carbocycles. The average molecular weight is 1480 g/mol. The van der Waals surface area contributed by atoms with E-state index in [9.17, 15) is 43.2 Å². The topological polar surface area (TPSA) is 237 Å². The van der Waals surface area contributed by atoms with E-state index in [-0.39, 0.29) is 25.7 Å². The van der Waals surface area contributed by atoms with Crippen LogP contribution in [0.1, 0.15) is 419 Å². The number of aliphatic hydroxyl groups excluding tert-OH is 1. The van der Waals surface area contributed by atoms with Gasteiger partial charge in [-0.25, -0.2) is 9.13 Å². The van der Waals surface area contributed by atoms with Crippen molar-refractivity contribution in [2.45, 2.75) is 438 Å². The third kappa shape index (κ3) is 75.6. The second-order valence-electron chi connectivity index (χ2n) is 28.8. The molecule has 0 amide bonds. The molecule has 0 aromatic carbocycles. The van der Waals surface area contributed by atoms with Gasteiger partial charge in [-0.15, -0.1) is 0 Å². The normalized spacial score (nSPS) is 13.9. The molecular weight excluding hydrogens is 1320 g/mol. The zero-order chi connectivity index (χ0) is 73.9. The fourth-order valence-corrected chi connectivity index (χ4v) is 13.9. The number of hydrogen-bond donors (Lipinski definition) is 3. The Hall–Kier alpha value is -2.46. The highest BCUT2D eigenvalue weighted by Gasteiger charge is 2.30. The van der Waals surface area contributed by atoms with Crippen LogP contribution < -0.4 is 0 Å². The summed E-state index contributed by atoms with van der Waals surface area (Å²) in [5.74, 6) is -2.13. The van der Waals surface area contributed by atoms with Crippen molar-refractivity contribution in [3.05, 3.63) is 24.3 Å². The standard InChI is InChI=1S/C82H156O17P2/c1-5-9-13-17-21-25-29-32-34-35-36-37-38-39-40-42-45-49-53-57-61-65-69-82(87)99-78(73-93-80(85)67-63-59-55-51-47-44-41-33-30-26-22-18-14-10-6-2)75-97-101(90,91)95-71-76(83)70-94-100(88,89)96-74-77(72-92-79(84)66-62-58-54-50-46-28-24-20-16-12-8-4)98-81(86)68-64-60-56-52-48-43-31-27-23-19-15-11-7-3/h26,30,33,41,76-78,83H,5-25,27-29,31-32,34-40,42-75H2,1-4H3,(H,88,89)(H,90,91)/b30-26-,41-33-/t76-,77+,78+/m0/s1. The Labute approximate surface area is 618 Å². The van der Waals surface area contributed by atoms with Crippen LogP contribution in [0.3, 0.4) is 0 Å². The summed E-state index contributed by atoms with van der Waals surface area (Å²) in [5.41, 5.74) is 0. The lowest BCUT2D eigenvalue weighted by Crippen LogP contribution is -2.30. The summed E-state index contributed by atoms with van der Waals surface area (Å²) in [7, 11) is -9.93. The predicted molar refractivity (Wildman–Crippen MR) is 414 cm³/mol. The van der Waals surface area contributed by atoms with Gasteiger partial charge in [0.25, 0.3) is 0 Å². The first-order valence-corrected chi connectivity index (χ1v) is 45.1. The van der Waals surface area contributed by atoms with Gasteiger partial charge in [0.05, 0.1) is 26.4 Å². The SMILES string of the molecule is CCCCCC/C=C\C=C/CCCCCCCC(=O)OC[C@H](COP(=O)(O)OC[C@@H](O)COP(=O)(O)OC[C@@H](COC(=O)CCCCCCCCCCCCC)OC(=O)CCCCCCCCCCCCCCC)OC(=O)CCCCCCCCCCCCCCCCCCCCCCCC. The van der Waals surface area contributed by atoms with Crippen LogP contribution in [0.2, 0.25) is 0 Å². The first-order valence-electron chi connectivity index (χ1n) is 42.1. The van der Waals surface area contributed by atoms with Gasteiger partial charge in [-0.05, 0) is 51.4 Å². The van der Waals surface area contributed by atoms with Gasteiger partial charge in [0, 0.05) is 25.7 Å². The van der Waals surface area contributed by atoms with Crippen molar-refractivity contribution in [2.24, 2.45) is 0 Å². The van der Waals surface area contributed by atoms with Crippen molar-refractivity contribution in [3.8, 4) is 0 Å². The van der Waals surface area contributed by atoms with Crippen LogP contribution >= 0.6 is 15.6 Å². The Kier molecular flexibility index (Phi) is 73.9. The minimum absolute atomic E-state index is 0.103. The number of unbranched alkanes of at least 4 members (excludes halogenated alkanes) is 52. The van der Waals surface area contributed by atoms with Crippen molar-refractivity contribution < 1.29 is 80.2 Å². The van der Waals surface area contributed by atoms with Crippen molar-refractivity contribution in [1.29, 1.82) is 0 Å². The molecule has 2 unspecified atom stereocenters. The quantitative estimate of drug-likeness (QED) is 0.0169. The molecule has 0 saturated heterocycles. The largest absolute Gasteiger partial charge is 0.472 e. The van der Waals surface area contributed by atoms with E-state index in [1.54, 1.807) is 0 Å². The van der Waals surface area contributed by atoms with Crippen LogP contribution in [0.25, 0.3) is 0 Å². The average Bonchev–Trinajstić information content (AvgIpc) is 0.940. The van der Waals surface area contributed by atoms with Gasteiger partial charge >= 0.3 is 39.5 Å². The summed E-state index contributed by atoms with van der Waals surface area (Å²) in [6, 6.07) is 0. The molecule has 596 valence electrons. The third-order valence-electron chi connectivity index (χ3n) is 18.7. The number of phosphoric acid groups is 2. The van der Waals surface area contributed by atoms with Gasteiger partial charge in [0.15, 0.2) is 12.2 Å². The first-order chi connectivity index (χ1) is 49.2. The highest BCUT2D eigenvalue weighted by Crippen LogP contribution is 2.45. The summed E-state index contributed by atoms with van der Waals surface area (Å²) in [6.07, 6.45) is 71.6. The predicted octanol–water partition coefficient (Wildman–Crippen LogP) is 24.5. The zero-order valence-electron chi connectivity index (χ0n) is 65.4. The third-order valence-corrected chi connectivity index (χ3v) is 20.6. The number of ether oxygens (including phenoxy) is 4. The molecule has 0 aliphatic heterocycles. The molecule has 0 rings (SSSR count). The number of aliphatic hydroxyl groups is 1. The highest BCUT2D eigenvalue weighted by molar-refractivity contribution is 7.47. The lowest BCUT2D eigenvalue weighted by molar-refractivity contribution is -0.161. The van der Waals surface area contributed by atoms with Crippen LogP contribution in [0.15, 0.2) is 24.3 Å². The van der Waals surface area contributed by atoms with E-state index in [1.165, 1.54) is 231 Å². The van der Waals surface area contributed by atoms with Gasteiger partial charge in [0.1, 0.15) is 19.3 Å². The maximum Gasteiger partial charge on any atom is 0.472 e. The molecule has 0 radical (unpaired) electrons. The van der Waals surface area contributed by atoms with Gasteiger partial charge in [0.2, 0.25) is 0 Å². The second kappa shape index (κ2) is 75.8. The maximum absolute atomic E-state index is 13.1. The van der Waals surface area contributed by atoms with E-state index in [2.05, 4.69) is 52.0 Å². The molecule has 0 bridgehead atoms. The maximum atomic E-state index is 13.1. The lowest BCUT2D eigenvalue weighted by Gasteiger charge is -2.21. The van der Waals surface area contributed by atoms with Crippen molar-refractivity contribution >= 4 is 39.5 Å². The summed E-state index contributed by atoms with van der Waals surface area (Å²) in [5, 5.41) is 10.6. The number of carbonyl (C=O) groups excluding carboxylic acids is 4. The van der Waals surface area contributed by atoms with Crippen LogP contribution in [0.5, 0.6) is 0 Å². The number of allylic oxidation sites excluding steroid dienone is 4. The number of rotatable bonds is 81. The van der Waals surface area contributed by atoms with Gasteiger partial charge in [-0.2, -0.15) is 0 Å². The van der Waals surface area contributed by atoms with Crippen LogP contribution in [0.4, 0.5) is 0 Å². The molecule has 0 aromatic rings. The van der Waals surface area contributed by atoms with Gasteiger partial charge in [-0.3, -0.25) is 37.3 Å². The fraction of sp³-hybridized carbons (Fsp3) is 0.902. The van der Waals surface area contributed by atoms with E-state index in [0.29, 0.717) is 25.7 Å². The minimum atomic E-state index is -4.97. The Morgan fingerprint density at radius 3 is 0.723 bits per heavy atom. The molecule has 3 N–H and O–H groups in total. The highest BCUT2D eigenvalue weighted by atomic mass is 31.2. The Morgan fingerprint density at radius 2 is 0.475 bits per heavy atom. The molecule has 0 aromatic heterocycles. The molecule has 0 aliphatic carbocycles. The Balaban J connectivity index is 5.24. The van der Waals surface area contributed by atoms with E-state index in [4.69, 9.17) is 37.0 Å². The Morgan fingerprint density at radius 1 is 0.277 bits per heavy atom.